The standard InChI is InChI=1S/C16H13ClN6/c1-18-16-22-21-13-9-19-14(10-5-3-2-4-6-10)15-11(23(13)16)7-8-12(17)20-15/h2-8H,9H2,1H3,(H,18,22). The minimum atomic E-state index is 0.423. The van der Waals surface area contributed by atoms with Gasteiger partial charge < -0.3 is 5.32 Å². The van der Waals surface area contributed by atoms with E-state index in [4.69, 9.17) is 16.6 Å². The van der Waals surface area contributed by atoms with Gasteiger partial charge >= 0.3 is 0 Å². The summed E-state index contributed by atoms with van der Waals surface area (Å²) in [6, 6.07) is 13.6. The molecule has 4 rings (SSSR count). The molecular weight excluding hydrogens is 312 g/mol. The van der Waals surface area contributed by atoms with E-state index in [9.17, 15) is 0 Å². The molecule has 0 amide bonds. The van der Waals surface area contributed by atoms with Crippen molar-refractivity contribution >= 4 is 23.3 Å². The number of rotatable bonds is 2. The van der Waals surface area contributed by atoms with Gasteiger partial charge in [-0.05, 0) is 12.1 Å². The molecule has 1 aliphatic rings. The number of benzene rings is 1. The molecular formula is C16H13ClN6. The first-order valence-electron chi connectivity index (χ1n) is 7.17. The van der Waals surface area contributed by atoms with Crippen LogP contribution in [0.3, 0.4) is 0 Å². The van der Waals surface area contributed by atoms with Crippen molar-refractivity contribution in [1.29, 1.82) is 0 Å². The predicted octanol–water partition coefficient (Wildman–Crippen LogP) is 2.71. The molecule has 23 heavy (non-hydrogen) atoms. The van der Waals surface area contributed by atoms with E-state index in [0.717, 1.165) is 28.5 Å². The highest BCUT2D eigenvalue weighted by Crippen LogP contribution is 2.27. The van der Waals surface area contributed by atoms with Gasteiger partial charge in [-0.25, -0.2) is 4.98 Å². The van der Waals surface area contributed by atoms with Crippen molar-refractivity contribution in [3.8, 4) is 5.69 Å². The topological polar surface area (TPSA) is 68.0 Å². The lowest BCUT2D eigenvalue weighted by molar-refractivity contribution is 0.870. The first-order chi connectivity index (χ1) is 11.3. The van der Waals surface area contributed by atoms with Crippen molar-refractivity contribution in [2.45, 2.75) is 6.54 Å². The molecule has 0 unspecified atom stereocenters. The number of nitrogens with one attached hydrogen (secondary N) is 1. The van der Waals surface area contributed by atoms with Crippen LogP contribution in [0.25, 0.3) is 5.69 Å². The highest BCUT2D eigenvalue weighted by atomic mass is 35.5. The van der Waals surface area contributed by atoms with Crippen molar-refractivity contribution in [2.24, 2.45) is 4.99 Å². The number of pyridine rings is 1. The van der Waals surface area contributed by atoms with E-state index in [1.54, 1.807) is 6.07 Å². The van der Waals surface area contributed by atoms with Gasteiger partial charge in [0.25, 0.3) is 0 Å². The number of halogens is 1. The highest BCUT2D eigenvalue weighted by molar-refractivity contribution is 6.30. The van der Waals surface area contributed by atoms with E-state index in [0.29, 0.717) is 17.6 Å². The largest absolute Gasteiger partial charge is 0.357 e. The molecule has 0 bridgehead atoms. The Kier molecular flexibility index (Phi) is 3.31. The Bertz CT molecular complexity index is 900. The second kappa shape index (κ2) is 5.48. The van der Waals surface area contributed by atoms with Crippen LogP contribution in [0.4, 0.5) is 5.95 Å². The summed E-state index contributed by atoms with van der Waals surface area (Å²) in [6.07, 6.45) is 0. The maximum Gasteiger partial charge on any atom is 0.229 e. The molecule has 0 fully saturated rings. The quantitative estimate of drug-likeness (QED) is 0.736. The summed E-state index contributed by atoms with van der Waals surface area (Å²) in [6.45, 7) is 0.423. The molecule has 1 N–H and O–H groups in total. The molecule has 3 heterocycles. The van der Waals surface area contributed by atoms with Gasteiger partial charge in [0.1, 0.15) is 17.4 Å². The Labute approximate surface area is 137 Å². The van der Waals surface area contributed by atoms with Gasteiger partial charge in [-0.1, -0.05) is 41.9 Å². The number of aromatic nitrogens is 4. The number of nitrogens with zero attached hydrogens (tertiary/aromatic N) is 5. The van der Waals surface area contributed by atoms with Gasteiger partial charge in [0.2, 0.25) is 5.95 Å². The summed E-state index contributed by atoms with van der Waals surface area (Å²) in [5.74, 6) is 1.40. The average molecular weight is 325 g/mol. The van der Waals surface area contributed by atoms with Gasteiger partial charge in [-0.15, -0.1) is 10.2 Å². The lowest BCUT2D eigenvalue weighted by Gasteiger charge is -2.12. The van der Waals surface area contributed by atoms with E-state index in [1.165, 1.54) is 0 Å². The zero-order valence-corrected chi connectivity index (χ0v) is 13.1. The molecule has 0 radical (unpaired) electrons. The lowest BCUT2D eigenvalue weighted by atomic mass is 10.1. The summed E-state index contributed by atoms with van der Waals surface area (Å²) in [4.78, 5) is 9.23. The van der Waals surface area contributed by atoms with Gasteiger partial charge in [0.15, 0.2) is 5.82 Å². The molecule has 0 spiro atoms. The van der Waals surface area contributed by atoms with E-state index >= 15 is 0 Å². The minimum Gasteiger partial charge on any atom is -0.357 e. The molecule has 0 saturated heterocycles. The molecule has 2 aromatic heterocycles. The minimum absolute atomic E-state index is 0.423. The number of anilines is 1. The van der Waals surface area contributed by atoms with Gasteiger partial charge in [-0.2, -0.15) is 0 Å². The number of hydrogen-bond donors (Lipinski definition) is 1. The van der Waals surface area contributed by atoms with Crippen LogP contribution in [0.1, 0.15) is 17.1 Å². The molecule has 0 atom stereocenters. The van der Waals surface area contributed by atoms with E-state index < -0.39 is 0 Å². The Morgan fingerprint density at radius 1 is 1.09 bits per heavy atom. The Morgan fingerprint density at radius 2 is 1.91 bits per heavy atom. The van der Waals surface area contributed by atoms with Crippen molar-refractivity contribution in [3.05, 3.63) is 64.7 Å². The van der Waals surface area contributed by atoms with Crippen molar-refractivity contribution in [2.75, 3.05) is 12.4 Å². The highest BCUT2D eigenvalue weighted by Gasteiger charge is 2.23. The maximum atomic E-state index is 6.14. The van der Waals surface area contributed by atoms with Crippen LogP contribution in [0.5, 0.6) is 0 Å². The van der Waals surface area contributed by atoms with Crippen LogP contribution in [0.15, 0.2) is 47.5 Å². The number of fused-ring (bicyclic) bond motifs is 3. The van der Waals surface area contributed by atoms with Crippen molar-refractivity contribution in [3.63, 3.8) is 0 Å². The Balaban J connectivity index is 2.00. The molecule has 1 aliphatic heterocycles. The van der Waals surface area contributed by atoms with Gasteiger partial charge in [-0.3, -0.25) is 9.56 Å². The van der Waals surface area contributed by atoms with Crippen LogP contribution >= 0.6 is 11.6 Å². The maximum absolute atomic E-state index is 6.14. The second-order valence-corrected chi connectivity index (χ2v) is 5.45. The molecule has 3 aromatic rings. The number of hydrogen-bond acceptors (Lipinski definition) is 5. The monoisotopic (exact) mass is 324 g/mol. The van der Waals surface area contributed by atoms with E-state index in [2.05, 4.69) is 20.5 Å². The van der Waals surface area contributed by atoms with Crippen LogP contribution in [-0.2, 0) is 6.54 Å². The van der Waals surface area contributed by atoms with Crippen molar-refractivity contribution in [1.82, 2.24) is 19.7 Å². The Morgan fingerprint density at radius 3 is 2.70 bits per heavy atom. The fourth-order valence-electron chi connectivity index (χ4n) is 2.67. The molecule has 1 aromatic carbocycles. The second-order valence-electron chi connectivity index (χ2n) is 5.06. The normalized spacial score (nSPS) is 12.9. The van der Waals surface area contributed by atoms with Crippen LogP contribution < -0.4 is 5.32 Å². The summed E-state index contributed by atoms with van der Waals surface area (Å²) in [7, 11) is 1.81. The first kappa shape index (κ1) is 13.9. The summed E-state index contributed by atoms with van der Waals surface area (Å²) in [5.41, 5.74) is 3.38. The summed E-state index contributed by atoms with van der Waals surface area (Å²) in [5, 5.41) is 11.8. The van der Waals surface area contributed by atoms with E-state index in [-0.39, 0.29) is 0 Å². The van der Waals surface area contributed by atoms with E-state index in [1.807, 2.05) is 48.0 Å². The zero-order chi connectivity index (χ0) is 15.8. The number of aliphatic imine (C=N–C) groups is 1. The third kappa shape index (κ3) is 2.27. The molecule has 0 aliphatic carbocycles. The van der Waals surface area contributed by atoms with Crippen LogP contribution in [-0.4, -0.2) is 32.5 Å². The summed E-state index contributed by atoms with van der Waals surface area (Å²) >= 11 is 6.14. The lowest BCUT2D eigenvalue weighted by Crippen LogP contribution is -2.11. The van der Waals surface area contributed by atoms with Crippen molar-refractivity contribution < 1.29 is 0 Å². The predicted molar refractivity (Wildman–Crippen MR) is 89.5 cm³/mol. The zero-order valence-electron chi connectivity index (χ0n) is 12.4. The van der Waals surface area contributed by atoms with Gasteiger partial charge in [0, 0.05) is 12.6 Å². The third-order valence-corrected chi connectivity index (χ3v) is 3.90. The average Bonchev–Trinajstić information content (AvgIpc) is 2.92. The van der Waals surface area contributed by atoms with Crippen LogP contribution in [0, 0.1) is 0 Å². The Hall–Kier alpha value is -2.73. The fraction of sp³-hybridized carbons (Fsp3) is 0.125. The smallest absolute Gasteiger partial charge is 0.229 e. The fourth-order valence-corrected chi connectivity index (χ4v) is 2.81. The van der Waals surface area contributed by atoms with Crippen LogP contribution in [0.2, 0.25) is 5.15 Å². The van der Waals surface area contributed by atoms with Gasteiger partial charge in [0.05, 0.1) is 11.4 Å². The molecule has 0 saturated carbocycles. The first-order valence-corrected chi connectivity index (χ1v) is 7.55. The third-order valence-electron chi connectivity index (χ3n) is 3.68. The molecule has 7 heteroatoms. The molecule has 6 nitrogen and oxygen atoms in total. The summed E-state index contributed by atoms with van der Waals surface area (Å²) < 4.78 is 1.93. The SMILES string of the molecule is CNc1nnc2n1-c1ccc(Cl)nc1C(c1ccccc1)=NC2. The molecule has 114 valence electrons.